The molecule has 39 heavy (non-hydrogen) atoms. The maximum absolute atomic E-state index is 12.3. The Kier molecular flexibility index (Phi) is 25.2. The molecule has 11 heteroatoms. The lowest BCUT2D eigenvalue weighted by atomic mass is 10.1. The minimum atomic E-state index is -4.58. The Bertz CT molecular complexity index is 646. The number of carbonyl (C=O) groups excluding carboxylic acids is 2. The zero-order valence-electron chi connectivity index (χ0n) is 24.4. The summed E-state index contributed by atoms with van der Waals surface area (Å²) in [5, 5.41) is 18.1. The SMILES string of the molecule is CCCCCCCCCCCCCC(=O)OC[C@H](COP(=O)(O)OC[C@@H](O)CO)OC(=O)CCCCCCC. The van der Waals surface area contributed by atoms with Crippen molar-refractivity contribution in [2.24, 2.45) is 0 Å². The van der Waals surface area contributed by atoms with Gasteiger partial charge in [-0.05, 0) is 12.8 Å². The first kappa shape index (κ1) is 38.0. The highest BCUT2D eigenvalue weighted by atomic mass is 31.2. The van der Waals surface area contributed by atoms with Crippen molar-refractivity contribution in [1.82, 2.24) is 0 Å². The second-order valence-corrected chi connectivity index (χ2v) is 11.6. The lowest BCUT2D eigenvalue weighted by molar-refractivity contribution is -0.161. The number of phosphoric acid groups is 1. The molecule has 0 aliphatic rings. The Balaban J connectivity index is 4.39. The van der Waals surface area contributed by atoms with Gasteiger partial charge in [-0.15, -0.1) is 0 Å². The van der Waals surface area contributed by atoms with Crippen molar-refractivity contribution in [3.05, 3.63) is 0 Å². The Morgan fingerprint density at radius 1 is 0.667 bits per heavy atom. The number of hydrogen-bond acceptors (Lipinski definition) is 9. The highest BCUT2D eigenvalue weighted by molar-refractivity contribution is 7.47. The lowest BCUT2D eigenvalue weighted by Gasteiger charge is -2.20. The van der Waals surface area contributed by atoms with Gasteiger partial charge in [-0.1, -0.05) is 104 Å². The summed E-state index contributed by atoms with van der Waals surface area (Å²) in [5.41, 5.74) is 0. The van der Waals surface area contributed by atoms with Crippen molar-refractivity contribution in [3.8, 4) is 0 Å². The van der Waals surface area contributed by atoms with Crippen LogP contribution >= 0.6 is 7.82 Å². The molecule has 0 aromatic rings. The third-order valence-corrected chi connectivity index (χ3v) is 7.21. The van der Waals surface area contributed by atoms with Gasteiger partial charge in [-0.25, -0.2) is 4.57 Å². The number of ether oxygens (including phenoxy) is 2. The van der Waals surface area contributed by atoms with Crippen molar-refractivity contribution in [2.75, 3.05) is 26.4 Å². The number of esters is 2. The van der Waals surface area contributed by atoms with E-state index in [2.05, 4.69) is 18.4 Å². The van der Waals surface area contributed by atoms with Crippen LogP contribution in [0.15, 0.2) is 0 Å². The quantitative estimate of drug-likeness (QED) is 0.0570. The van der Waals surface area contributed by atoms with Crippen LogP contribution in [-0.4, -0.2) is 65.7 Å². The first-order valence-electron chi connectivity index (χ1n) is 15.0. The average Bonchev–Trinajstić information content (AvgIpc) is 2.91. The van der Waals surface area contributed by atoms with Crippen LogP contribution in [-0.2, 0) is 32.7 Å². The average molecular weight is 583 g/mol. The van der Waals surface area contributed by atoms with Gasteiger partial charge in [0.15, 0.2) is 6.10 Å². The number of aliphatic hydroxyl groups excluding tert-OH is 2. The molecular formula is C28H55O10P. The standard InChI is InChI=1S/C28H55O10P/c1-3-5-7-9-10-11-12-13-14-16-17-19-27(31)35-23-26(38-28(32)20-18-15-8-6-4-2)24-37-39(33,34)36-22-25(30)21-29/h25-26,29-30H,3-24H2,1-2H3,(H,33,34)/t25-,26+/m0/s1. The van der Waals surface area contributed by atoms with Crippen LogP contribution in [0, 0.1) is 0 Å². The van der Waals surface area contributed by atoms with Gasteiger partial charge >= 0.3 is 19.8 Å². The summed E-state index contributed by atoms with van der Waals surface area (Å²) in [4.78, 5) is 34.2. The summed E-state index contributed by atoms with van der Waals surface area (Å²) < 4.78 is 32.1. The number of carbonyl (C=O) groups is 2. The van der Waals surface area contributed by atoms with Gasteiger partial charge < -0.3 is 24.6 Å². The van der Waals surface area contributed by atoms with E-state index in [0.717, 1.165) is 44.9 Å². The summed E-state index contributed by atoms with van der Waals surface area (Å²) >= 11 is 0. The molecule has 0 aliphatic carbocycles. The molecule has 0 spiro atoms. The van der Waals surface area contributed by atoms with Crippen molar-refractivity contribution in [3.63, 3.8) is 0 Å². The topological polar surface area (TPSA) is 149 Å². The van der Waals surface area contributed by atoms with E-state index in [1.54, 1.807) is 0 Å². The van der Waals surface area contributed by atoms with E-state index in [1.807, 2.05) is 0 Å². The number of rotatable bonds is 28. The van der Waals surface area contributed by atoms with Gasteiger partial charge in [-0.2, -0.15) is 0 Å². The van der Waals surface area contributed by atoms with E-state index < -0.39 is 51.8 Å². The van der Waals surface area contributed by atoms with Gasteiger partial charge in [0.05, 0.1) is 19.8 Å². The zero-order valence-corrected chi connectivity index (χ0v) is 25.3. The molecule has 232 valence electrons. The molecule has 0 bridgehead atoms. The van der Waals surface area contributed by atoms with Crippen molar-refractivity contribution >= 4 is 19.8 Å². The summed E-state index contributed by atoms with van der Waals surface area (Å²) in [7, 11) is -4.58. The van der Waals surface area contributed by atoms with Crippen LogP contribution in [0.5, 0.6) is 0 Å². The van der Waals surface area contributed by atoms with Gasteiger partial charge in [0.2, 0.25) is 0 Å². The minimum Gasteiger partial charge on any atom is -0.462 e. The zero-order chi connectivity index (χ0) is 29.2. The highest BCUT2D eigenvalue weighted by Gasteiger charge is 2.27. The van der Waals surface area contributed by atoms with E-state index in [0.29, 0.717) is 12.8 Å². The molecule has 0 fully saturated rings. The molecule has 3 atom stereocenters. The van der Waals surface area contributed by atoms with E-state index in [9.17, 15) is 24.2 Å². The lowest BCUT2D eigenvalue weighted by Crippen LogP contribution is -2.29. The number of aliphatic hydroxyl groups is 2. The fraction of sp³-hybridized carbons (Fsp3) is 0.929. The van der Waals surface area contributed by atoms with Gasteiger partial charge in [0, 0.05) is 12.8 Å². The van der Waals surface area contributed by atoms with E-state index in [1.165, 1.54) is 44.9 Å². The van der Waals surface area contributed by atoms with Crippen LogP contribution in [0.1, 0.15) is 129 Å². The summed E-state index contributed by atoms with van der Waals surface area (Å²) in [6.45, 7) is 2.23. The van der Waals surface area contributed by atoms with Gasteiger partial charge in [-0.3, -0.25) is 18.6 Å². The fourth-order valence-electron chi connectivity index (χ4n) is 3.87. The molecule has 0 saturated heterocycles. The third kappa shape index (κ3) is 25.7. The second-order valence-electron chi connectivity index (χ2n) is 10.1. The monoisotopic (exact) mass is 582 g/mol. The molecule has 0 saturated carbocycles. The van der Waals surface area contributed by atoms with Crippen molar-refractivity contribution in [2.45, 2.75) is 142 Å². The maximum atomic E-state index is 12.3. The van der Waals surface area contributed by atoms with Crippen LogP contribution in [0.3, 0.4) is 0 Å². The first-order valence-corrected chi connectivity index (χ1v) is 16.5. The maximum Gasteiger partial charge on any atom is 0.472 e. The number of unbranched alkanes of at least 4 members (excludes halogenated alkanes) is 14. The molecule has 1 unspecified atom stereocenters. The predicted molar refractivity (Wildman–Crippen MR) is 150 cm³/mol. The Morgan fingerprint density at radius 3 is 1.59 bits per heavy atom. The molecular weight excluding hydrogens is 527 g/mol. The largest absolute Gasteiger partial charge is 0.472 e. The third-order valence-electron chi connectivity index (χ3n) is 6.26. The van der Waals surface area contributed by atoms with Gasteiger partial charge in [0.1, 0.15) is 12.7 Å². The second kappa shape index (κ2) is 25.9. The molecule has 0 rings (SSSR count). The predicted octanol–water partition coefficient (Wildman–Crippen LogP) is 5.99. The van der Waals surface area contributed by atoms with E-state index >= 15 is 0 Å². The molecule has 3 N–H and O–H groups in total. The Labute approximate surface area is 235 Å². The fourth-order valence-corrected chi connectivity index (χ4v) is 4.66. The van der Waals surface area contributed by atoms with E-state index in [-0.39, 0.29) is 19.4 Å². The first-order chi connectivity index (χ1) is 18.7. The van der Waals surface area contributed by atoms with Crippen LogP contribution in [0.4, 0.5) is 0 Å². The molecule has 0 amide bonds. The molecule has 0 heterocycles. The number of hydrogen-bond donors (Lipinski definition) is 3. The number of phosphoric ester groups is 1. The summed E-state index contributed by atoms with van der Waals surface area (Å²) in [6.07, 6.45) is 15.7. The van der Waals surface area contributed by atoms with Crippen LogP contribution < -0.4 is 0 Å². The van der Waals surface area contributed by atoms with Crippen molar-refractivity contribution in [1.29, 1.82) is 0 Å². The summed E-state index contributed by atoms with van der Waals surface area (Å²) in [6, 6.07) is 0. The molecule has 10 nitrogen and oxygen atoms in total. The van der Waals surface area contributed by atoms with Crippen LogP contribution in [0.25, 0.3) is 0 Å². The normalized spacial score (nSPS) is 14.5. The minimum absolute atomic E-state index is 0.183. The van der Waals surface area contributed by atoms with Crippen LogP contribution in [0.2, 0.25) is 0 Å². The van der Waals surface area contributed by atoms with E-state index in [4.69, 9.17) is 19.1 Å². The molecule has 0 radical (unpaired) electrons. The molecule has 0 aromatic heterocycles. The van der Waals surface area contributed by atoms with Crippen molar-refractivity contribution < 1.29 is 47.8 Å². The Morgan fingerprint density at radius 2 is 1.10 bits per heavy atom. The van der Waals surface area contributed by atoms with Gasteiger partial charge in [0.25, 0.3) is 0 Å². The molecule has 0 aromatic carbocycles. The summed E-state index contributed by atoms with van der Waals surface area (Å²) in [5.74, 6) is -0.938. The molecule has 0 aliphatic heterocycles. The Hall–Kier alpha value is -1.03. The highest BCUT2D eigenvalue weighted by Crippen LogP contribution is 2.43. The smallest absolute Gasteiger partial charge is 0.462 e.